The third-order valence-corrected chi connectivity index (χ3v) is 4.18. The SMILES string of the molecule is CCSC(=Nc1cc2c(c(Br)c1F)COC2)NC(=O)O. The third-order valence-electron chi connectivity index (χ3n) is 2.60. The lowest BCUT2D eigenvalue weighted by Gasteiger charge is -2.08. The molecule has 0 bridgehead atoms. The monoisotopic (exact) mass is 362 g/mol. The highest BCUT2D eigenvalue weighted by molar-refractivity contribution is 9.10. The predicted molar refractivity (Wildman–Crippen MR) is 79.0 cm³/mol. The van der Waals surface area contributed by atoms with Gasteiger partial charge >= 0.3 is 6.09 Å². The van der Waals surface area contributed by atoms with Crippen molar-refractivity contribution in [1.29, 1.82) is 0 Å². The minimum absolute atomic E-state index is 0.0887. The number of ether oxygens (including phenoxy) is 1. The van der Waals surface area contributed by atoms with Crippen LogP contribution in [0.25, 0.3) is 0 Å². The standard InChI is InChI=1S/C12H12BrFN2O3S/c1-2-20-11(16-12(17)18)15-8-3-6-4-19-5-7(6)9(13)10(8)14/h3H,2,4-5H2,1H3,(H,15,16)(H,17,18). The highest BCUT2D eigenvalue weighted by Crippen LogP contribution is 2.36. The second kappa shape index (κ2) is 6.55. The van der Waals surface area contributed by atoms with E-state index in [2.05, 4.69) is 26.2 Å². The maximum atomic E-state index is 14.2. The summed E-state index contributed by atoms with van der Waals surface area (Å²) >= 11 is 4.39. The van der Waals surface area contributed by atoms with Crippen LogP contribution in [0.2, 0.25) is 0 Å². The number of hydrogen-bond donors (Lipinski definition) is 2. The van der Waals surface area contributed by atoms with E-state index in [0.29, 0.717) is 23.4 Å². The van der Waals surface area contributed by atoms with E-state index in [1.807, 2.05) is 6.92 Å². The molecule has 1 aliphatic rings. The molecule has 0 aliphatic carbocycles. The molecule has 1 amide bonds. The molecule has 0 radical (unpaired) electrons. The number of nitrogens with zero attached hydrogens (tertiary/aromatic N) is 1. The number of nitrogens with one attached hydrogen (secondary N) is 1. The first-order chi connectivity index (χ1) is 9.52. The number of amidine groups is 1. The molecule has 108 valence electrons. The van der Waals surface area contributed by atoms with Crippen LogP contribution in [0.1, 0.15) is 18.1 Å². The van der Waals surface area contributed by atoms with Gasteiger partial charge in [0.15, 0.2) is 11.0 Å². The Hall–Kier alpha value is -1.12. The van der Waals surface area contributed by atoms with Crippen molar-refractivity contribution in [2.75, 3.05) is 5.75 Å². The molecule has 0 saturated carbocycles. The van der Waals surface area contributed by atoms with Crippen molar-refractivity contribution in [3.05, 3.63) is 27.5 Å². The number of carbonyl (C=O) groups is 1. The zero-order valence-corrected chi connectivity index (χ0v) is 13.0. The van der Waals surface area contributed by atoms with Gasteiger partial charge in [0.1, 0.15) is 5.69 Å². The van der Waals surface area contributed by atoms with Crippen molar-refractivity contribution >= 4 is 44.6 Å². The molecular weight excluding hydrogens is 351 g/mol. The van der Waals surface area contributed by atoms with Crippen molar-refractivity contribution in [3.63, 3.8) is 0 Å². The average molecular weight is 363 g/mol. The molecule has 5 nitrogen and oxygen atoms in total. The largest absolute Gasteiger partial charge is 0.465 e. The Morgan fingerprint density at radius 2 is 2.40 bits per heavy atom. The molecular formula is C12H12BrFN2O3S. The molecule has 1 aromatic rings. The number of thioether (sulfide) groups is 1. The molecule has 0 saturated heterocycles. The van der Waals surface area contributed by atoms with Crippen molar-refractivity contribution in [3.8, 4) is 0 Å². The van der Waals surface area contributed by atoms with Gasteiger partial charge in [0, 0.05) is 5.56 Å². The summed E-state index contributed by atoms with van der Waals surface area (Å²) in [5, 5.41) is 11.0. The number of aliphatic imine (C=N–C) groups is 1. The van der Waals surface area contributed by atoms with E-state index in [-0.39, 0.29) is 10.9 Å². The fraction of sp³-hybridized carbons (Fsp3) is 0.333. The fourth-order valence-corrected chi connectivity index (χ4v) is 2.93. The zero-order valence-electron chi connectivity index (χ0n) is 10.6. The molecule has 1 aromatic carbocycles. The van der Waals surface area contributed by atoms with Gasteiger partial charge in [-0.2, -0.15) is 0 Å². The Morgan fingerprint density at radius 3 is 3.05 bits per heavy atom. The summed E-state index contributed by atoms with van der Waals surface area (Å²) in [7, 11) is 0. The van der Waals surface area contributed by atoms with Crippen LogP contribution in [0.4, 0.5) is 14.9 Å². The lowest BCUT2D eigenvalue weighted by atomic mass is 10.1. The smallest absolute Gasteiger partial charge is 0.410 e. The van der Waals surface area contributed by atoms with E-state index < -0.39 is 11.9 Å². The summed E-state index contributed by atoms with van der Waals surface area (Å²) < 4.78 is 19.8. The van der Waals surface area contributed by atoms with Crippen molar-refractivity contribution in [2.24, 2.45) is 4.99 Å². The van der Waals surface area contributed by atoms with Gasteiger partial charge in [0.25, 0.3) is 0 Å². The van der Waals surface area contributed by atoms with E-state index in [9.17, 15) is 9.18 Å². The van der Waals surface area contributed by atoms with Crippen molar-refractivity contribution in [1.82, 2.24) is 5.32 Å². The van der Waals surface area contributed by atoms with E-state index in [1.165, 1.54) is 11.8 Å². The molecule has 1 aliphatic heterocycles. The van der Waals surface area contributed by atoms with Gasteiger partial charge in [0.2, 0.25) is 0 Å². The number of halogens is 2. The summed E-state index contributed by atoms with van der Waals surface area (Å²) in [6.07, 6.45) is -1.23. The number of benzene rings is 1. The zero-order chi connectivity index (χ0) is 14.7. The Labute approximate surface area is 127 Å². The van der Waals surface area contributed by atoms with Crippen LogP contribution in [-0.2, 0) is 18.0 Å². The lowest BCUT2D eigenvalue weighted by Crippen LogP contribution is -2.26. The lowest BCUT2D eigenvalue weighted by molar-refractivity contribution is 0.134. The summed E-state index contributed by atoms with van der Waals surface area (Å²) in [6, 6.07) is 1.59. The van der Waals surface area contributed by atoms with Crippen molar-refractivity contribution < 1.29 is 19.0 Å². The van der Waals surface area contributed by atoms with Gasteiger partial charge in [-0.15, -0.1) is 0 Å². The summed E-state index contributed by atoms with van der Waals surface area (Å²) in [5.41, 5.74) is 1.72. The van der Waals surface area contributed by atoms with Crippen LogP contribution >= 0.6 is 27.7 Å². The van der Waals surface area contributed by atoms with Gasteiger partial charge < -0.3 is 9.84 Å². The Bertz CT molecular complexity index is 580. The second-order valence-electron chi connectivity index (χ2n) is 3.93. The minimum Gasteiger partial charge on any atom is -0.465 e. The van der Waals surface area contributed by atoms with Gasteiger partial charge in [-0.05, 0) is 33.3 Å². The normalized spacial score (nSPS) is 14.2. The third kappa shape index (κ3) is 3.31. The summed E-state index contributed by atoms with van der Waals surface area (Å²) in [5.74, 6) is 0.103. The second-order valence-corrected chi connectivity index (χ2v) is 5.98. The molecule has 0 unspecified atom stereocenters. The fourth-order valence-electron chi connectivity index (χ4n) is 1.76. The van der Waals surface area contributed by atoms with Crippen LogP contribution in [0.5, 0.6) is 0 Å². The van der Waals surface area contributed by atoms with Crippen LogP contribution in [0, 0.1) is 5.82 Å². The summed E-state index contributed by atoms with van der Waals surface area (Å²) in [6.45, 7) is 2.62. The van der Waals surface area contributed by atoms with E-state index >= 15 is 0 Å². The quantitative estimate of drug-likeness (QED) is 0.622. The first-order valence-electron chi connectivity index (χ1n) is 5.81. The molecule has 0 atom stereocenters. The van der Waals surface area contributed by atoms with Crippen LogP contribution in [0.3, 0.4) is 0 Å². The average Bonchev–Trinajstić information content (AvgIpc) is 2.83. The maximum Gasteiger partial charge on any atom is 0.410 e. The van der Waals surface area contributed by atoms with Crippen LogP contribution < -0.4 is 5.32 Å². The molecule has 0 aromatic heterocycles. The maximum absolute atomic E-state index is 14.2. The molecule has 2 rings (SSSR count). The summed E-state index contributed by atoms with van der Waals surface area (Å²) in [4.78, 5) is 14.7. The van der Waals surface area contributed by atoms with Gasteiger partial charge in [-0.25, -0.2) is 14.2 Å². The van der Waals surface area contributed by atoms with Crippen molar-refractivity contribution in [2.45, 2.75) is 20.1 Å². The van der Waals surface area contributed by atoms with Gasteiger partial charge in [0.05, 0.1) is 17.7 Å². The van der Waals surface area contributed by atoms with E-state index in [0.717, 1.165) is 11.1 Å². The van der Waals surface area contributed by atoms with E-state index in [1.54, 1.807) is 6.07 Å². The minimum atomic E-state index is -1.23. The number of hydrogen-bond acceptors (Lipinski definition) is 4. The molecule has 2 N–H and O–H groups in total. The van der Waals surface area contributed by atoms with E-state index in [4.69, 9.17) is 9.84 Å². The Balaban J connectivity index is 2.41. The van der Waals surface area contributed by atoms with Crippen LogP contribution in [0.15, 0.2) is 15.5 Å². The molecule has 0 spiro atoms. The predicted octanol–water partition coefficient (Wildman–Crippen LogP) is 3.63. The molecule has 8 heteroatoms. The Morgan fingerprint density at radius 1 is 1.65 bits per heavy atom. The number of rotatable bonds is 2. The number of carboxylic acid groups (broad SMARTS) is 1. The van der Waals surface area contributed by atoms with Gasteiger partial charge in [-0.1, -0.05) is 18.7 Å². The number of amides is 1. The number of fused-ring (bicyclic) bond motifs is 1. The molecule has 20 heavy (non-hydrogen) atoms. The van der Waals surface area contributed by atoms with Gasteiger partial charge in [-0.3, -0.25) is 5.32 Å². The first-order valence-corrected chi connectivity index (χ1v) is 7.59. The Kier molecular flexibility index (Phi) is 5.00. The highest BCUT2D eigenvalue weighted by atomic mass is 79.9. The molecule has 0 fully saturated rings. The topological polar surface area (TPSA) is 70.9 Å². The first kappa shape index (κ1) is 15.3. The molecule has 1 heterocycles. The highest BCUT2D eigenvalue weighted by Gasteiger charge is 2.21. The van der Waals surface area contributed by atoms with Crippen LogP contribution in [-0.4, -0.2) is 22.1 Å².